The van der Waals surface area contributed by atoms with Crippen molar-refractivity contribution in [2.75, 3.05) is 19.1 Å². The molecule has 1 aromatic rings. The molecule has 0 amide bonds. The molecule has 96 valence electrons. The van der Waals surface area contributed by atoms with E-state index in [4.69, 9.17) is 21.1 Å². The fourth-order valence-electron chi connectivity index (χ4n) is 1.56. The zero-order valence-corrected chi connectivity index (χ0v) is 10.6. The summed E-state index contributed by atoms with van der Waals surface area (Å²) in [5, 5.41) is 0. The first-order chi connectivity index (χ1) is 8.18. The lowest BCUT2D eigenvalue weighted by atomic mass is 10.1. The van der Waals surface area contributed by atoms with Gasteiger partial charge in [-0.2, -0.15) is 0 Å². The van der Waals surface area contributed by atoms with Gasteiger partial charge < -0.3 is 9.47 Å². The number of rotatable bonds is 2. The van der Waals surface area contributed by atoms with Gasteiger partial charge in [0.05, 0.1) is 19.1 Å². The van der Waals surface area contributed by atoms with Crippen LogP contribution in [0, 0.1) is 11.6 Å². The highest BCUT2D eigenvalue weighted by Gasteiger charge is 2.40. The first-order valence-corrected chi connectivity index (χ1v) is 6.01. The van der Waals surface area contributed by atoms with Gasteiger partial charge in [0.15, 0.2) is 0 Å². The third-order valence-corrected chi connectivity index (χ3v) is 2.62. The van der Waals surface area contributed by atoms with Crippen LogP contribution in [0.3, 0.4) is 0 Å². The van der Waals surface area contributed by atoms with Crippen molar-refractivity contribution < 1.29 is 18.3 Å². The molecule has 0 N–H and O–H groups in total. The molecule has 2 rings (SSSR count). The Balaban J connectivity index is 0.000000686. The molecule has 5 heteroatoms. The van der Waals surface area contributed by atoms with Gasteiger partial charge in [0.25, 0.3) is 0 Å². The number of hydrogen-bond acceptors (Lipinski definition) is 2. The Morgan fingerprint density at radius 2 is 1.82 bits per heavy atom. The zero-order valence-electron chi connectivity index (χ0n) is 9.80. The molecule has 0 atom stereocenters. The summed E-state index contributed by atoms with van der Waals surface area (Å²) in [4.78, 5) is 0. The van der Waals surface area contributed by atoms with Gasteiger partial charge in [-0.05, 0) is 12.1 Å². The van der Waals surface area contributed by atoms with Gasteiger partial charge in [0.1, 0.15) is 11.6 Å². The van der Waals surface area contributed by atoms with Gasteiger partial charge in [-0.15, -0.1) is 11.6 Å². The van der Waals surface area contributed by atoms with Crippen LogP contribution >= 0.6 is 11.6 Å². The maximum atomic E-state index is 13.5. The molecule has 0 saturated carbocycles. The van der Waals surface area contributed by atoms with E-state index in [2.05, 4.69) is 0 Å². The quantitative estimate of drug-likeness (QED) is 0.762. The van der Waals surface area contributed by atoms with E-state index in [0.717, 1.165) is 12.1 Å². The van der Waals surface area contributed by atoms with Crippen molar-refractivity contribution in [3.05, 3.63) is 35.4 Å². The van der Waals surface area contributed by atoms with Crippen LogP contribution in [0.5, 0.6) is 0 Å². The molecule has 1 aromatic carbocycles. The van der Waals surface area contributed by atoms with Crippen LogP contribution < -0.4 is 0 Å². The monoisotopic (exact) mass is 264 g/mol. The first-order valence-electron chi connectivity index (χ1n) is 5.47. The molecular formula is C12H15ClF2O2. The Kier molecular flexibility index (Phi) is 5.31. The van der Waals surface area contributed by atoms with Crippen molar-refractivity contribution in [1.82, 2.24) is 0 Å². The van der Waals surface area contributed by atoms with Gasteiger partial charge in [-0.25, -0.2) is 8.78 Å². The third kappa shape index (κ3) is 2.94. The first kappa shape index (κ1) is 14.4. The normalized spacial score (nSPS) is 17.5. The number of hydrogen-bond donors (Lipinski definition) is 0. The SMILES string of the molecule is CC.Fc1ccc(C2(CCl)OCCO2)c(F)c1. The summed E-state index contributed by atoms with van der Waals surface area (Å²) in [5.74, 6) is -2.65. The van der Waals surface area contributed by atoms with Crippen LogP contribution in [0.25, 0.3) is 0 Å². The Morgan fingerprint density at radius 3 is 2.29 bits per heavy atom. The molecule has 0 bridgehead atoms. The molecule has 0 unspecified atom stereocenters. The minimum absolute atomic E-state index is 0.0322. The molecule has 17 heavy (non-hydrogen) atoms. The zero-order chi connectivity index (χ0) is 12.9. The highest BCUT2D eigenvalue weighted by atomic mass is 35.5. The largest absolute Gasteiger partial charge is 0.342 e. The summed E-state index contributed by atoms with van der Waals surface area (Å²) < 4.78 is 36.7. The second-order valence-corrected chi connectivity index (χ2v) is 3.47. The van der Waals surface area contributed by atoms with Crippen molar-refractivity contribution in [3.8, 4) is 0 Å². The second-order valence-electron chi connectivity index (χ2n) is 3.21. The number of benzene rings is 1. The van der Waals surface area contributed by atoms with E-state index < -0.39 is 17.4 Å². The molecule has 0 radical (unpaired) electrons. The standard InChI is InChI=1S/C10H9ClF2O2.C2H6/c11-6-10(14-3-4-15-10)8-2-1-7(12)5-9(8)13;1-2/h1-2,5H,3-4,6H2;1-2H3. The summed E-state index contributed by atoms with van der Waals surface area (Å²) in [6.07, 6.45) is 0. The van der Waals surface area contributed by atoms with E-state index in [0.29, 0.717) is 13.2 Å². The summed E-state index contributed by atoms with van der Waals surface area (Å²) in [6.45, 7) is 4.70. The van der Waals surface area contributed by atoms with E-state index in [1.807, 2.05) is 13.8 Å². The molecule has 0 spiro atoms. The maximum absolute atomic E-state index is 13.5. The van der Waals surface area contributed by atoms with Crippen LogP contribution in [-0.2, 0) is 15.3 Å². The molecule has 2 nitrogen and oxygen atoms in total. The molecule has 1 aliphatic heterocycles. The van der Waals surface area contributed by atoms with Crippen molar-refractivity contribution in [2.24, 2.45) is 0 Å². The smallest absolute Gasteiger partial charge is 0.211 e. The van der Waals surface area contributed by atoms with Crippen LogP contribution in [0.1, 0.15) is 19.4 Å². The predicted octanol–water partition coefficient (Wildman–Crippen LogP) is 3.43. The Hall–Kier alpha value is -0.710. The molecule has 1 aliphatic rings. The summed E-state index contributed by atoms with van der Waals surface area (Å²) in [5.41, 5.74) is 0.136. The molecule has 1 fully saturated rings. The number of alkyl halides is 1. The summed E-state index contributed by atoms with van der Waals surface area (Å²) in [6, 6.07) is 3.23. The minimum Gasteiger partial charge on any atom is -0.342 e. The van der Waals surface area contributed by atoms with Gasteiger partial charge in [-0.3, -0.25) is 0 Å². The molecule has 0 aliphatic carbocycles. The van der Waals surface area contributed by atoms with E-state index >= 15 is 0 Å². The van der Waals surface area contributed by atoms with Gasteiger partial charge in [0.2, 0.25) is 5.79 Å². The average molecular weight is 265 g/mol. The maximum Gasteiger partial charge on any atom is 0.211 e. The third-order valence-electron chi connectivity index (χ3n) is 2.27. The van der Waals surface area contributed by atoms with Crippen LogP contribution in [-0.4, -0.2) is 19.1 Å². The minimum atomic E-state index is -1.26. The van der Waals surface area contributed by atoms with Crippen molar-refractivity contribution in [3.63, 3.8) is 0 Å². The number of halogens is 3. The van der Waals surface area contributed by atoms with E-state index in [1.165, 1.54) is 6.07 Å². The van der Waals surface area contributed by atoms with Crippen LogP contribution in [0.15, 0.2) is 18.2 Å². The van der Waals surface area contributed by atoms with E-state index in [1.54, 1.807) is 0 Å². The van der Waals surface area contributed by atoms with Crippen molar-refractivity contribution in [1.29, 1.82) is 0 Å². The van der Waals surface area contributed by atoms with Crippen LogP contribution in [0.4, 0.5) is 8.78 Å². The van der Waals surface area contributed by atoms with Crippen molar-refractivity contribution >= 4 is 11.6 Å². The number of ether oxygens (including phenoxy) is 2. The predicted molar refractivity (Wildman–Crippen MR) is 62.0 cm³/mol. The summed E-state index contributed by atoms with van der Waals surface area (Å²) >= 11 is 5.70. The highest BCUT2D eigenvalue weighted by molar-refractivity contribution is 6.18. The Bertz CT molecular complexity index is 366. The van der Waals surface area contributed by atoms with Gasteiger partial charge in [0, 0.05) is 11.6 Å². The lowest BCUT2D eigenvalue weighted by Crippen LogP contribution is -2.30. The van der Waals surface area contributed by atoms with Gasteiger partial charge >= 0.3 is 0 Å². The van der Waals surface area contributed by atoms with E-state index in [-0.39, 0.29) is 11.4 Å². The molecule has 1 heterocycles. The second kappa shape index (κ2) is 6.28. The molecule has 1 saturated heterocycles. The molecular weight excluding hydrogens is 250 g/mol. The fourth-order valence-corrected chi connectivity index (χ4v) is 1.86. The Labute approximate surface area is 104 Å². The lowest BCUT2D eigenvalue weighted by Gasteiger charge is -2.25. The fraction of sp³-hybridized carbons (Fsp3) is 0.500. The van der Waals surface area contributed by atoms with Gasteiger partial charge in [-0.1, -0.05) is 13.8 Å². The highest BCUT2D eigenvalue weighted by Crippen LogP contribution is 2.34. The summed E-state index contributed by atoms with van der Waals surface area (Å²) in [7, 11) is 0. The molecule has 0 aromatic heterocycles. The van der Waals surface area contributed by atoms with Crippen LogP contribution in [0.2, 0.25) is 0 Å². The lowest BCUT2D eigenvalue weighted by molar-refractivity contribution is -0.148. The Morgan fingerprint density at radius 1 is 1.24 bits per heavy atom. The van der Waals surface area contributed by atoms with E-state index in [9.17, 15) is 8.78 Å². The van der Waals surface area contributed by atoms with Crippen molar-refractivity contribution in [2.45, 2.75) is 19.6 Å². The average Bonchev–Trinajstić information content (AvgIpc) is 2.81. The topological polar surface area (TPSA) is 18.5 Å².